The zero-order valence-electron chi connectivity index (χ0n) is 11.1. The number of rotatable bonds is 6. The molecule has 0 bridgehead atoms. The van der Waals surface area contributed by atoms with E-state index in [0.29, 0.717) is 25.2 Å². The third kappa shape index (κ3) is 3.24. The molecule has 0 aliphatic carbocycles. The normalized spacial score (nSPS) is 10.5. The highest BCUT2D eigenvalue weighted by atomic mass is 35.5. The summed E-state index contributed by atoms with van der Waals surface area (Å²) in [4.78, 5) is 16.0. The van der Waals surface area contributed by atoms with Gasteiger partial charge in [-0.15, -0.1) is 6.58 Å². The van der Waals surface area contributed by atoms with Gasteiger partial charge in [-0.25, -0.2) is 9.67 Å². The summed E-state index contributed by atoms with van der Waals surface area (Å²) in [7, 11) is 1.81. The van der Waals surface area contributed by atoms with Crippen LogP contribution in [0.5, 0.6) is 0 Å². The molecule has 20 heavy (non-hydrogen) atoms. The number of halogens is 1. The lowest BCUT2D eigenvalue weighted by Gasteiger charge is -2.08. The summed E-state index contributed by atoms with van der Waals surface area (Å²) < 4.78 is 2.89. The Morgan fingerprint density at radius 1 is 1.55 bits per heavy atom. The van der Waals surface area contributed by atoms with Crippen molar-refractivity contribution in [2.24, 2.45) is 7.05 Å². The number of nitrogens with zero attached hydrogens (tertiary/aromatic N) is 5. The van der Waals surface area contributed by atoms with E-state index in [1.165, 1.54) is 10.9 Å². The molecule has 0 amide bonds. The number of anilines is 1. The van der Waals surface area contributed by atoms with Crippen LogP contribution in [-0.4, -0.2) is 31.1 Å². The molecule has 0 radical (unpaired) electrons. The van der Waals surface area contributed by atoms with E-state index in [1.807, 2.05) is 7.05 Å². The van der Waals surface area contributed by atoms with Crippen LogP contribution in [-0.2, 0) is 20.0 Å². The molecular weight excluding hydrogens is 280 g/mol. The summed E-state index contributed by atoms with van der Waals surface area (Å²) >= 11 is 6.01. The smallest absolute Gasteiger partial charge is 0.287 e. The third-order valence-electron chi connectivity index (χ3n) is 2.60. The van der Waals surface area contributed by atoms with Gasteiger partial charge in [0.2, 0.25) is 0 Å². The number of aryl methyl sites for hydroxylation is 1. The number of hydrogen-bond donors (Lipinski definition) is 1. The number of nitrogens with one attached hydrogen (secondary N) is 1. The van der Waals surface area contributed by atoms with Crippen LogP contribution in [0.25, 0.3) is 0 Å². The Morgan fingerprint density at radius 3 is 3.00 bits per heavy atom. The van der Waals surface area contributed by atoms with E-state index in [1.54, 1.807) is 17.1 Å². The minimum Gasteiger partial charge on any atom is -0.382 e. The van der Waals surface area contributed by atoms with Crippen molar-refractivity contribution in [3.8, 4) is 0 Å². The van der Waals surface area contributed by atoms with Gasteiger partial charge in [0, 0.05) is 20.0 Å². The summed E-state index contributed by atoms with van der Waals surface area (Å²) in [6.07, 6.45) is 5.39. The maximum Gasteiger partial charge on any atom is 0.287 e. The highest BCUT2D eigenvalue weighted by Crippen LogP contribution is 2.14. The van der Waals surface area contributed by atoms with E-state index in [2.05, 4.69) is 27.1 Å². The van der Waals surface area contributed by atoms with Crippen molar-refractivity contribution < 1.29 is 0 Å². The van der Waals surface area contributed by atoms with Gasteiger partial charge in [-0.2, -0.15) is 10.2 Å². The van der Waals surface area contributed by atoms with Gasteiger partial charge in [-0.1, -0.05) is 17.7 Å². The molecule has 0 saturated heterocycles. The second-order valence-corrected chi connectivity index (χ2v) is 4.54. The summed E-state index contributed by atoms with van der Waals surface area (Å²) in [6, 6.07) is 0. The largest absolute Gasteiger partial charge is 0.382 e. The molecule has 2 rings (SSSR count). The van der Waals surface area contributed by atoms with Gasteiger partial charge in [0.25, 0.3) is 5.56 Å². The Labute approximate surface area is 120 Å². The lowest BCUT2D eigenvalue weighted by molar-refractivity contribution is 0.652. The Morgan fingerprint density at radius 2 is 2.35 bits per heavy atom. The highest BCUT2D eigenvalue weighted by molar-refractivity contribution is 6.32. The van der Waals surface area contributed by atoms with Crippen LogP contribution < -0.4 is 10.9 Å². The molecule has 0 aliphatic heterocycles. The van der Waals surface area contributed by atoms with Crippen LogP contribution >= 0.6 is 11.6 Å². The van der Waals surface area contributed by atoms with Crippen LogP contribution in [0.4, 0.5) is 5.69 Å². The summed E-state index contributed by atoms with van der Waals surface area (Å²) in [5, 5.41) is 11.3. The second-order valence-electron chi connectivity index (χ2n) is 4.16. The quantitative estimate of drug-likeness (QED) is 0.800. The van der Waals surface area contributed by atoms with Crippen LogP contribution in [0.2, 0.25) is 5.02 Å². The van der Waals surface area contributed by atoms with Crippen molar-refractivity contribution in [1.29, 1.82) is 0 Å². The van der Waals surface area contributed by atoms with Crippen molar-refractivity contribution in [2.75, 3.05) is 11.9 Å². The Hall–Kier alpha value is -2.15. The predicted molar refractivity (Wildman–Crippen MR) is 76.9 cm³/mol. The van der Waals surface area contributed by atoms with Crippen molar-refractivity contribution in [3.05, 3.63) is 46.4 Å². The molecular formula is C12H15ClN6O. The molecule has 0 unspecified atom stereocenters. The van der Waals surface area contributed by atoms with E-state index in [4.69, 9.17) is 11.6 Å². The second kappa shape index (κ2) is 6.33. The number of aromatic nitrogens is 5. The fourth-order valence-electron chi connectivity index (χ4n) is 1.65. The van der Waals surface area contributed by atoms with E-state index in [9.17, 15) is 4.79 Å². The van der Waals surface area contributed by atoms with Crippen LogP contribution in [0.15, 0.2) is 30.0 Å². The van der Waals surface area contributed by atoms with E-state index >= 15 is 0 Å². The molecule has 0 atom stereocenters. The van der Waals surface area contributed by atoms with Crippen LogP contribution in [0.1, 0.15) is 5.82 Å². The molecule has 0 fully saturated rings. The van der Waals surface area contributed by atoms with Crippen molar-refractivity contribution in [1.82, 2.24) is 24.5 Å². The molecule has 8 heteroatoms. The Balaban J connectivity index is 2.01. The first-order valence-electron chi connectivity index (χ1n) is 6.06. The zero-order chi connectivity index (χ0) is 14.5. The average molecular weight is 295 g/mol. The fourth-order valence-corrected chi connectivity index (χ4v) is 1.86. The predicted octanol–water partition coefficient (Wildman–Crippen LogP) is 0.866. The molecule has 2 heterocycles. The highest BCUT2D eigenvalue weighted by Gasteiger charge is 2.08. The number of allylic oxidation sites excluding steroid dienone is 1. The maximum absolute atomic E-state index is 11.9. The minimum absolute atomic E-state index is 0.121. The first-order chi connectivity index (χ1) is 9.61. The molecule has 2 aromatic rings. The SMILES string of the molecule is C=CCn1ncc(NCCc2ncn(C)n2)c(Cl)c1=O. The molecule has 0 saturated carbocycles. The molecule has 2 aromatic heterocycles. The zero-order valence-corrected chi connectivity index (χ0v) is 11.8. The van der Waals surface area contributed by atoms with Gasteiger partial charge < -0.3 is 5.32 Å². The lowest BCUT2D eigenvalue weighted by Crippen LogP contribution is -2.24. The summed E-state index contributed by atoms with van der Waals surface area (Å²) in [5.74, 6) is 0.726. The molecule has 7 nitrogen and oxygen atoms in total. The molecule has 0 aromatic carbocycles. The standard InChI is InChI=1S/C12H15ClN6O/c1-3-6-19-12(20)11(13)9(7-16-19)14-5-4-10-15-8-18(2)17-10/h3,7-8,14H,1,4-6H2,2H3. The summed E-state index contributed by atoms with van der Waals surface area (Å²) in [5.41, 5.74) is 0.167. The van der Waals surface area contributed by atoms with Gasteiger partial charge in [0.15, 0.2) is 5.82 Å². The summed E-state index contributed by atoms with van der Waals surface area (Å²) in [6.45, 7) is 4.46. The molecule has 0 spiro atoms. The van der Waals surface area contributed by atoms with E-state index < -0.39 is 0 Å². The first kappa shape index (κ1) is 14.3. The van der Waals surface area contributed by atoms with Crippen molar-refractivity contribution in [2.45, 2.75) is 13.0 Å². The van der Waals surface area contributed by atoms with Gasteiger partial charge >= 0.3 is 0 Å². The molecule has 1 N–H and O–H groups in total. The lowest BCUT2D eigenvalue weighted by atomic mass is 10.3. The molecule has 106 valence electrons. The first-order valence-corrected chi connectivity index (χ1v) is 6.44. The van der Waals surface area contributed by atoms with Crippen LogP contribution in [0, 0.1) is 0 Å². The Kier molecular flexibility index (Phi) is 4.52. The fraction of sp³-hybridized carbons (Fsp3) is 0.333. The monoisotopic (exact) mass is 294 g/mol. The molecule has 0 aliphatic rings. The average Bonchev–Trinajstić information content (AvgIpc) is 2.84. The van der Waals surface area contributed by atoms with Gasteiger partial charge in [-0.3, -0.25) is 9.48 Å². The van der Waals surface area contributed by atoms with Gasteiger partial charge in [-0.05, 0) is 0 Å². The maximum atomic E-state index is 11.9. The van der Waals surface area contributed by atoms with Gasteiger partial charge in [0.05, 0.1) is 18.4 Å². The van der Waals surface area contributed by atoms with Crippen molar-refractivity contribution >= 4 is 17.3 Å². The minimum atomic E-state index is -0.340. The van der Waals surface area contributed by atoms with E-state index in [0.717, 1.165) is 5.82 Å². The topological polar surface area (TPSA) is 77.6 Å². The van der Waals surface area contributed by atoms with Crippen molar-refractivity contribution in [3.63, 3.8) is 0 Å². The third-order valence-corrected chi connectivity index (χ3v) is 2.96. The van der Waals surface area contributed by atoms with E-state index in [-0.39, 0.29) is 10.6 Å². The number of hydrogen-bond acceptors (Lipinski definition) is 5. The Bertz CT molecular complexity index is 662. The van der Waals surface area contributed by atoms with Crippen LogP contribution in [0.3, 0.4) is 0 Å². The van der Waals surface area contributed by atoms with Gasteiger partial charge in [0.1, 0.15) is 11.3 Å².